The third-order valence-electron chi connectivity index (χ3n) is 5.63. The number of anilines is 1. The van der Waals surface area contributed by atoms with Crippen molar-refractivity contribution in [2.24, 2.45) is 0 Å². The van der Waals surface area contributed by atoms with Crippen LogP contribution in [0.3, 0.4) is 0 Å². The van der Waals surface area contributed by atoms with Crippen LogP contribution in [0.4, 0.5) is 19.3 Å². The lowest BCUT2D eigenvalue weighted by atomic mass is 10.1. The molecule has 2 atom stereocenters. The van der Waals surface area contributed by atoms with E-state index >= 15 is 0 Å². The molecule has 1 aliphatic carbocycles. The van der Waals surface area contributed by atoms with Gasteiger partial charge in [-0.25, -0.2) is 13.6 Å². The smallest absolute Gasteiger partial charge is 0.317 e. The van der Waals surface area contributed by atoms with Crippen LogP contribution >= 0.6 is 0 Å². The minimum absolute atomic E-state index is 0.169. The highest BCUT2D eigenvalue weighted by Crippen LogP contribution is 2.42. The lowest BCUT2D eigenvalue weighted by Crippen LogP contribution is -2.43. The summed E-state index contributed by atoms with van der Waals surface area (Å²) in [5, 5.41) is 12.3. The maximum atomic E-state index is 14.0. The number of nitrogens with one attached hydrogen (secondary N) is 1. The molecule has 0 bridgehead atoms. The monoisotopic (exact) mass is 396 g/mol. The van der Waals surface area contributed by atoms with Gasteiger partial charge in [-0.1, -0.05) is 24.3 Å². The van der Waals surface area contributed by atoms with Crippen LogP contribution in [0.5, 0.6) is 0 Å². The first-order valence-electron chi connectivity index (χ1n) is 9.82. The number of benzene rings is 2. The molecule has 7 heteroatoms. The molecule has 1 saturated carbocycles. The fourth-order valence-electron chi connectivity index (χ4n) is 3.96. The lowest BCUT2D eigenvalue weighted by Gasteiger charge is -2.24. The minimum Gasteiger partial charge on any atom is -0.369 e. The summed E-state index contributed by atoms with van der Waals surface area (Å²) in [4.78, 5) is 16.6. The van der Waals surface area contributed by atoms with Crippen molar-refractivity contribution in [3.8, 4) is 6.07 Å². The molecule has 5 nitrogen and oxygen atoms in total. The zero-order valence-corrected chi connectivity index (χ0v) is 15.9. The summed E-state index contributed by atoms with van der Waals surface area (Å²) < 4.78 is 27.4. The molecule has 2 aromatic rings. The number of urea groups is 1. The number of carbonyl (C=O) groups excluding carboxylic acids is 1. The van der Waals surface area contributed by atoms with Crippen molar-refractivity contribution in [1.82, 2.24) is 10.2 Å². The third kappa shape index (κ3) is 4.02. The number of hydrogen-bond donors (Lipinski definition) is 1. The largest absolute Gasteiger partial charge is 0.369 e. The van der Waals surface area contributed by atoms with Gasteiger partial charge in [-0.3, -0.25) is 0 Å². The number of carbonyl (C=O) groups is 1. The second-order valence-corrected chi connectivity index (χ2v) is 7.50. The molecule has 0 aromatic heterocycles. The van der Waals surface area contributed by atoms with Crippen molar-refractivity contribution in [1.29, 1.82) is 5.26 Å². The van der Waals surface area contributed by atoms with E-state index in [0.29, 0.717) is 37.2 Å². The summed E-state index contributed by atoms with van der Waals surface area (Å²) in [6, 6.07) is 13.5. The fourth-order valence-corrected chi connectivity index (χ4v) is 3.96. The maximum absolute atomic E-state index is 14.0. The Morgan fingerprint density at radius 2 is 1.90 bits per heavy atom. The summed E-state index contributed by atoms with van der Waals surface area (Å²) in [5.74, 6) is -1.86. The number of para-hydroxylation sites is 1. The quantitative estimate of drug-likeness (QED) is 0.862. The lowest BCUT2D eigenvalue weighted by molar-refractivity contribution is 0.200. The van der Waals surface area contributed by atoms with E-state index in [9.17, 15) is 18.8 Å². The molecule has 150 valence electrons. The van der Waals surface area contributed by atoms with Crippen LogP contribution in [0.2, 0.25) is 0 Å². The number of amides is 2. The van der Waals surface area contributed by atoms with Gasteiger partial charge in [0.05, 0.1) is 11.3 Å². The normalized spacial score (nSPS) is 21.3. The molecule has 2 aromatic carbocycles. The van der Waals surface area contributed by atoms with Gasteiger partial charge in [0.2, 0.25) is 0 Å². The van der Waals surface area contributed by atoms with E-state index in [1.54, 1.807) is 17.0 Å². The number of rotatable bonds is 3. The highest BCUT2D eigenvalue weighted by atomic mass is 19.2. The van der Waals surface area contributed by atoms with Gasteiger partial charge < -0.3 is 15.1 Å². The predicted molar refractivity (Wildman–Crippen MR) is 106 cm³/mol. The van der Waals surface area contributed by atoms with E-state index in [1.165, 1.54) is 6.07 Å². The Hall–Kier alpha value is -3.14. The van der Waals surface area contributed by atoms with Crippen LogP contribution in [0, 0.1) is 23.0 Å². The molecule has 1 saturated heterocycles. The Labute approximate surface area is 168 Å². The highest BCUT2D eigenvalue weighted by molar-refractivity contribution is 5.75. The molecule has 0 spiro atoms. The Balaban J connectivity index is 1.35. The van der Waals surface area contributed by atoms with E-state index in [-0.39, 0.29) is 18.0 Å². The molecular weight excluding hydrogens is 374 g/mol. The number of hydrogen-bond acceptors (Lipinski definition) is 3. The minimum atomic E-state index is -0.857. The Bertz CT molecular complexity index is 958. The van der Waals surface area contributed by atoms with E-state index in [2.05, 4.69) is 16.3 Å². The Kier molecular flexibility index (Phi) is 5.34. The van der Waals surface area contributed by atoms with Crippen LogP contribution < -0.4 is 10.2 Å². The standard InChI is InChI=1S/C22H22F2N4O/c23-18-7-3-6-16(21(18)24)17-13-19(17)26-22(29)28-10-4-9-27(11-12-28)20-8-2-1-5-15(20)14-25/h1-3,5-8,17,19H,4,9-13H2,(H,26,29)/t17-,19+/m0/s1. The molecule has 0 unspecified atom stereocenters. The first-order chi connectivity index (χ1) is 14.1. The van der Waals surface area contributed by atoms with Crippen molar-refractivity contribution >= 4 is 11.7 Å². The van der Waals surface area contributed by atoms with E-state index in [0.717, 1.165) is 24.7 Å². The van der Waals surface area contributed by atoms with Gasteiger partial charge in [-0.15, -0.1) is 0 Å². The third-order valence-corrected chi connectivity index (χ3v) is 5.63. The fraction of sp³-hybridized carbons (Fsp3) is 0.364. The molecular formula is C22H22F2N4O. The van der Waals surface area contributed by atoms with Crippen LogP contribution in [0.15, 0.2) is 42.5 Å². The molecule has 4 rings (SSSR count). The molecule has 0 radical (unpaired) electrons. The van der Waals surface area contributed by atoms with E-state index in [4.69, 9.17) is 0 Å². The number of nitrogens with zero attached hydrogens (tertiary/aromatic N) is 3. The second kappa shape index (κ2) is 8.08. The van der Waals surface area contributed by atoms with E-state index < -0.39 is 11.6 Å². The van der Waals surface area contributed by atoms with Gasteiger partial charge in [-0.05, 0) is 36.6 Å². The topological polar surface area (TPSA) is 59.4 Å². The Morgan fingerprint density at radius 3 is 2.72 bits per heavy atom. The molecule has 2 fully saturated rings. The average Bonchev–Trinajstić information content (AvgIpc) is 3.52. The maximum Gasteiger partial charge on any atom is 0.317 e. The van der Waals surface area contributed by atoms with Crippen LogP contribution in [-0.4, -0.2) is 43.2 Å². The molecule has 2 aliphatic rings. The van der Waals surface area contributed by atoms with Gasteiger partial charge in [0.15, 0.2) is 11.6 Å². The first kappa shape index (κ1) is 19.2. The van der Waals surface area contributed by atoms with Crippen LogP contribution in [-0.2, 0) is 0 Å². The molecule has 2 amide bonds. The van der Waals surface area contributed by atoms with Crippen molar-refractivity contribution in [2.45, 2.75) is 24.8 Å². The first-order valence-corrected chi connectivity index (χ1v) is 9.82. The van der Waals surface area contributed by atoms with Crippen LogP contribution in [0.25, 0.3) is 0 Å². The molecule has 1 aliphatic heterocycles. The van der Waals surface area contributed by atoms with E-state index in [1.807, 2.05) is 18.2 Å². The van der Waals surface area contributed by atoms with Gasteiger partial charge in [0.25, 0.3) is 0 Å². The average molecular weight is 396 g/mol. The SMILES string of the molecule is N#Cc1ccccc1N1CCCN(C(=O)N[C@@H]2C[C@H]2c2cccc(F)c2F)CC1. The number of halogens is 2. The van der Waals surface area contributed by atoms with Gasteiger partial charge in [-0.2, -0.15) is 5.26 Å². The number of nitriles is 1. The molecule has 29 heavy (non-hydrogen) atoms. The van der Waals surface area contributed by atoms with Gasteiger partial charge in [0.1, 0.15) is 6.07 Å². The van der Waals surface area contributed by atoms with Crippen molar-refractivity contribution in [3.05, 3.63) is 65.2 Å². The summed E-state index contributed by atoms with van der Waals surface area (Å²) in [6.45, 7) is 2.56. The highest BCUT2D eigenvalue weighted by Gasteiger charge is 2.42. The summed E-state index contributed by atoms with van der Waals surface area (Å²) in [6.07, 6.45) is 1.40. The van der Waals surface area contributed by atoms with Crippen LogP contribution in [0.1, 0.15) is 29.9 Å². The zero-order chi connectivity index (χ0) is 20.4. The van der Waals surface area contributed by atoms with Gasteiger partial charge >= 0.3 is 6.03 Å². The van der Waals surface area contributed by atoms with Crippen molar-refractivity contribution in [2.75, 3.05) is 31.1 Å². The molecule has 1 heterocycles. The summed E-state index contributed by atoms with van der Waals surface area (Å²) in [7, 11) is 0. The predicted octanol–water partition coefficient (Wildman–Crippen LogP) is 3.61. The zero-order valence-electron chi connectivity index (χ0n) is 15.9. The second-order valence-electron chi connectivity index (χ2n) is 7.50. The summed E-state index contributed by atoms with van der Waals surface area (Å²) in [5.41, 5.74) is 1.84. The Morgan fingerprint density at radius 1 is 1.07 bits per heavy atom. The van der Waals surface area contributed by atoms with Crippen molar-refractivity contribution in [3.63, 3.8) is 0 Å². The van der Waals surface area contributed by atoms with Crippen molar-refractivity contribution < 1.29 is 13.6 Å². The summed E-state index contributed by atoms with van der Waals surface area (Å²) >= 11 is 0. The molecule has 1 N–H and O–H groups in total. The van der Waals surface area contributed by atoms with Gasteiger partial charge in [0, 0.05) is 38.1 Å².